The normalized spacial score (nSPS) is 18.1. The molecule has 0 bridgehead atoms. The number of methoxy groups -OCH3 is 2. The van der Waals surface area contributed by atoms with Crippen LogP contribution in [0.5, 0.6) is 11.5 Å². The van der Waals surface area contributed by atoms with E-state index in [4.69, 9.17) is 13.9 Å². The number of nitrogens with one attached hydrogen (secondary N) is 2. The van der Waals surface area contributed by atoms with Gasteiger partial charge in [0.05, 0.1) is 26.5 Å². The molecule has 4 rings (SSSR count). The minimum atomic E-state index is -4.55. The molecule has 164 valence electrons. The number of alkyl halides is 3. The second kappa shape index (κ2) is 7.89. The van der Waals surface area contributed by atoms with Crippen LogP contribution >= 0.6 is 0 Å². The van der Waals surface area contributed by atoms with Crippen molar-refractivity contribution in [1.82, 2.24) is 9.78 Å². The summed E-state index contributed by atoms with van der Waals surface area (Å²) >= 11 is 0. The number of benzene rings is 1. The van der Waals surface area contributed by atoms with Gasteiger partial charge in [-0.1, -0.05) is 0 Å². The Morgan fingerprint density at radius 2 is 2.00 bits per heavy atom. The van der Waals surface area contributed by atoms with E-state index in [-0.39, 0.29) is 17.9 Å². The van der Waals surface area contributed by atoms with E-state index in [1.54, 1.807) is 24.3 Å². The number of carbonyl (C=O) groups is 1. The van der Waals surface area contributed by atoms with Crippen LogP contribution < -0.4 is 20.1 Å². The summed E-state index contributed by atoms with van der Waals surface area (Å²) in [6.45, 7) is 0. The Kier molecular flexibility index (Phi) is 5.25. The quantitative estimate of drug-likeness (QED) is 0.616. The van der Waals surface area contributed by atoms with Crippen molar-refractivity contribution in [3.63, 3.8) is 0 Å². The van der Waals surface area contributed by atoms with Gasteiger partial charge in [-0.15, -0.1) is 0 Å². The van der Waals surface area contributed by atoms with E-state index in [1.165, 1.54) is 32.6 Å². The van der Waals surface area contributed by atoms with Crippen LogP contribution in [0.1, 0.15) is 34.8 Å². The monoisotopic (exact) mass is 436 g/mol. The van der Waals surface area contributed by atoms with E-state index < -0.39 is 24.2 Å². The molecule has 11 heteroatoms. The highest BCUT2D eigenvalue weighted by Gasteiger charge is 2.47. The smallest absolute Gasteiger partial charge is 0.410 e. The van der Waals surface area contributed by atoms with Crippen LogP contribution in [-0.2, 0) is 0 Å². The molecule has 0 saturated carbocycles. The maximum atomic E-state index is 13.7. The zero-order chi connectivity index (χ0) is 22.2. The summed E-state index contributed by atoms with van der Waals surface area (Å²) in [7, 11) is 2.93. The molecule has 3 aromatic rings. The first-order chi connectivity index (χ1) is 14.8. The lowest BCUT2D eigenvalue weighted by atomic mass is 10.0. The van der Waals surface area contributed by atoms with E-state index in [0.29, 0.717) is 22.9 Å². The molecule has 2 aromatic heterocycles. The number of amides is 1. The Balaban J connectivity index is 1.61. The van der Waals surface area contributed by atoms with E-state index in [9.17, 15) is 18.0 Å². The zero-order valence-electron chi connectivity index (χ0n) is 16.6. The number of anilines is 2. The van der Waals surface area contributed by atoms with Crippen molar-refractivity contribution in [1.29, 1.82) is 0 Å². The Morgan fingerprint density at radius 3 is 2.65 bits per heavy atom. The standard InChI is InChI=1S/C20H19F3N4O4/c1-29-15-6-5-11(8-16(15)30-2)24-19(28)13-10-18-25-12(14-4-3-7-31-14)9-17(20(21,22)23)27(18)26-13/h3-8,10,12,17,25H,9H2,1-2H3,(H,24,28)/t12-,17+/m0/s1. The van der Waals surface area contributed by atoms with Gasteiger partial charge in [-0.3, -0.25) is 4.79 Å². The molecular formula is C20H19F3N4O4. The number of nitrogens with zero attached hydrogens (tertiary/aromatic N) is 2. The average molecular weight is 436 g/mol. The van der Waals surface area contributed by atoms with Gasteiger partial charge in [0.2, 0.25) is 0 Å². The molecule has 0 unspecified atom stereocenters. The summed E-state index contributed by atoms with van der Waals surface area (Å²) in [6.07, 6.45) is -3.47. The fourth-order valence-electron chi connectivity index (χ4n) is 3.47. The molecule has 1 aliphatic rings. The number of rotatable bonds is 5. The highest BCUT2D eigenvalue weighted by Crippen LogP contribution is 2.43. The Labute approximate surface area is 174 Å². The number of furan rings is 1. The topological polar surface area (TPSA) is 90.5 Å². The fraction of sp³-hybridized carbons (Fsp3) is 0.300. The second-order valence-corrected chi connectivity index (χ2v) is 6.89. The van der Waals surface area contributed by atoms with Gasteiger partial charge in [0.25, 0.3) is 5.91 Å². The lowest BCUT2D eigenvalue weighted by Gasteiger charge is -2.32. The van der Waals surface area contributed by atoms with Crippen LogP contribution in [0, 0.1) is 0 Å². The van der Waals surface area contributed by atoms with Crippen LogP contribution in [0.4, 0.5) is 24.7 Å². The van der Waals surface area contributed by atoms with Gasteiger partial charge in [0.15, 0.2) is 23.2 Å². The van der Waals surface area contributed by atoms with Crippen LogP contribution in [0.2, 0.25) is 0 Å². The van der Waals surface area contributed by atoms with Crippen molar-refractivity contribution in [2.24, 2.45) is 0 Å². The molecule has 3 heterocycles. The second-order valence-electron chi connectivity index (χ2n) is 6.89. The Morgan fingerprint density at radius 1 is 1.23 bits per heavy atom. The van der Waals surface area contributed by atoms with Crippen molar-refractivity contribution in [2.75, 3.05) is 24.9 Å². The number of halogens is 3. The van der Waals surface area contributed by atoms with Crippen LogP contribution in [0.3, 0.4) is 0 Å². The zero-order valence-corrected chi connectivity index (χ0v) is 16.6. The molecule has 1 amide bonds. The number of fused-ring (bicyclic) bond motifs is 1. The van der Waals surface area contributed by atoms with Crippen molar-refractivity contribution in [3.05, 3.63) is 54.1 Å². The summed E-state index contributed by atoms with van der Waals surface area (Å²) < 4.78 is 57.5. The number of ether oxygens (including phenoxy) is 2. The number of carbonyl (C=O) groups excluding carboxylic acids is 1. The molecule has 2 atom stereocenters. The van der Waals surface area contributed by atoms with Gasteiger partial charge in [0.1, 0.15) is 11.6 Å². The highest BCUT2D eigenvalue weighted by atomic mass is 19.4. The largest absolute Gasteiger partial charge is 0.493 e. The third-order valence-corrected chi connectivity index (χ3v) is 4.95. The number of hydrogen-bond donors (Lipinski definition) is 2. The third kappa shape index (κ3) is 4.03. The third-order valence-electron chi connectivity index (χ3n) is 4.95. The van der Waals surface area contributed by atoms with E-state index in [0.717, 1.165) is 4.68 Å². The summed E-state index contributed by atoms with van der Waals surface area (Å²) in [4.78, 5) is 12.7. The summed E-state index contributed by atoms with van der Waals surface area (Å²) in [5.74, 6) is 0.653. The predicted molar refractivity (Wildman–Crippen MR) is 105 cm³/mol. The molecular weight excluding hydrogens is 417 g/mol. The SMILES string of the molecule is COc1ccc(NC(=O)c2cc3n(n2)[C@@H](C(F)(F)F)C[C@@H](c2ccco2)N3)cc1OC. The summed E-state index contributed by atoms with van der Waals surface area (Å²) in [5.41, 5.74) is 0.217. The van der Waals surface area contributed by atoms with Crippen molar-refractivity contribution in [3.8, 4) is 11.5 Å². The number of aromatic nitrogens is 2. The van der Waals surface area contributed by atoms with Gasteiger partial charge >= 0.3 is 6.18 Å². The molecule has 0 saturated heterocycles. The van der Waals surface area contributed by atoms with E-state index in [1.807, 2.05) is 0 Å². The van der Waals surface area contributed by atoms with Crippen molar-refractivity contribution >= 4 is 17.4 Å². The van der Waals surface area contributed by atoms with Gasteiger partial charge < -0.3 is 24.5 Å². The Bertz CT molecular complexity index is 1080. The highest BCUT2D eigenvalue weighted by molar-refractivity contribution is 6.03. The fourth-order valence-corrected chi connectivity index (χ4v) is 3.47. The minimum absolute atomic E-state index is 0.0763. The van der Waals surface area contributed by atoms with Crippen LogP contribution in [-0.4, -0.2) is 36.1 Å². The predicted octanol–water partition coefficient (Wildman–Crippen LogP) is 4.41. The van der Waals surface area contributed by atoms with Gasteiger partial charge in [-0.05, 0) is 24.3 Å². The molecule has 0 fully saturated rings. The van der Waals surface area contributed by atoms with Crippen molar-refractivity contribution in [2.45, 2.75) is 24.7 Å². The first-order valence-corrected chi connectivity index (χ1v) is 9.29. The first kappa shape index (κ1) is 20.6. The molecule has 31 heavy (non-hydrogen) atoms. The van der Waals surface area contributed by atoms with Gasteiger partial charge in [0, 0.05) is 24.2 Å². The molecule has 2 N–H and O–H groups in total. The Hall–Kier alpha value is -3.63. The van der Waals surface area contributed by atoms with Crippen LogP contribution in [0.15, 0.2) is 47.1 Å². The van der Waals surface area contributed by atoms with Crippen molar-refractivity contribution < 1.29 is 31.9 Å². The summed E-state index contributed by atoms with van der Waals surface area (Å²) in [6, 6.07) is 6.60. The maximum absolute atomic E-state index is 13.7. The first-order valence-electron chi connectivity index (χ1n) is 9.29. The average Bonchev–Trinajstić information content (AvgIpc) is 3.41. The van der Waals surface area contributed by atoms with E-state index >= 15 is 0 Å². The lowest BCUT2D eigenvalue weighted by Crippen LogP contribution is -2.35. The maximum Gasteiger partial charge on any atom is 0.410 e. The van der Waals surface area contributed by atoms with Crippen LogP contribution in [0.25, 0.3) is 0 Å². The molecule has 0 radical (unpaired) electrons. The van der Waals surface area contributed by atoms with Gasteiger partial charge in [-0.25, -0.2) is 4.68 Å². The number of hydrogen-bond acceptors (Lipinski definition) is 6. The molecule has 1 aromatic carbocycles. The minimum Gasteiger partial charge on any atom is -0.493 e. The molecule has 1 aliphatic heterocycles. The molecule has 8 nitrogen and oxygen atoms in total. The molecule has 0 aliphatic carbocycles. The lowest BCUT2D eigenvalue weighted by molar-refractivity contribution is -0.174. The molecule has 0 spiro atoms. The van der Waals surface area contributed by atoms with Gasteiger partial charge in [-0.2, -0.15) is 18.3 Å². The summed E-state index contributed by atoms with van der Waals surface area (Å²) in [5, 5.41) is 9.49. The van der Waals surface area contributed by atoms with E-state index in [2.05, 4.69) is 15.7 Å².